The summed E-state index contributed by atoms with van der Waals surface area (Å²) in [5, 5.41) is 18.5. The Bertz CT molecular complexity index is 1220. The van der Waals surface area contributed by atoms with Gasteiger partial charge in [-0.25, -0.2) is 4.68 Å². The number of hydrogen-bond donors (Lipinski definition) is 1. The maximum absolute atomic E-state index is 13.4. The van der Waals surface area contributed by atoms with Crippen molar-refractivity contribution in [2.24, 2.45) is 0 Å². The first kappa shape index (κ1) is 20.5. The number of aromatic hydroxyl groups is 1. The summed E-state index contributed by atoms with van der Waals surface area (Å²) in [5.74, 6) is -1.14. The molecule has 1 amide bonds. The third kappa shape index (κ3) is 2.96. The number of hydrogen-bond acceptors (Lipinski definition) is 5. The summed E-state index contributed by atoms with van der Waals surface area (Å²) in [6.45, 7) is 3.84. The molecule has 2 aliphatic rings. The highest BCUT2D eigenvalue weighted by molar-refractivity contribution is 5.95. The number of nitrogens with zero attached hydrogens (tertiary/aromatic N) is 4. The SMILES string of the molecule is CC(C)N1C(=O)c2c(O)c(=O)cnn2[C@@H](C2c3ccccc3CCc3ccccc32)N1C. The first-order valence-electron chi connectivity index (χ1n) is 10.9. The number of likely N-dealkylation sites (N-methyl/N-ethyl adjacent to an activating group) is 1. The van der Waals surface area contributed by atoms with Gasteiger partial charge in [0.25, 0.3) is 5.91 Å². The zero-order chi connectivity index (χ0) is 22.6. The van der Waals surface area contributed by atoms with Crippen molar-refractivity contribution in [2.75, 3.05) is 7.05 Å². The number of carbonyl (C=O) groups is 1. The second-order valence-electron chi connectivity index (χ2n) is 8.76. The van der Waals surface area contributed by atoms with E-state index in [0.717, 1.165) is 19.0 Å². The van der Waals surface area contributed by atoms with Crippen molar-refractivity contribution in [3.8, 4) is 5.75 Å². The van der Waals surface area contributed by atoms with Crippen LogP contribution in [0, 0.1) is 0 Å². The second-order valence-corrected chi connectivity index (χ2v) is 8.76. The van der Waals surface area contributed by atoms with Gasteiger partial charge >= 0.3 is 0 Å². The Morgan fingerprint density at radius 1 is 0.969 bits per heavy atom. The molecule has 0 bridgehead atoms. The summed E-state index contributed by atoms with van der Waals surface area (Å²) in [6, 6.07) is 16.6. The average molecular weight is 431 g/mol. The lowest BCUT2D eigenvalue weighted by Gasteiger charge is -2.47. The maximum Gasteiger partial charge on any atom is 0.290 e. The van der Waals surface area contributed by atoms with Gasteiger partial charge in [-0.05, 0) is 48.9 Å². The molecule has 3 aromatic rings. The van der Waals surface area contributed by atoms with Crippen LogP contribution >= 0.6 is 0 Å². The third-order valence-corrected chi connectivity index (χ3v) is 6.60. The van der Waals surface area contributed by atoms with Gasteiger partial charge in [-0.2, -0.15) is 10.1 Å². The molecule has 0 unspecified atom stereocenters. The smallest absolute Gasteiger partial charge is 0.290 e. The topological polar surface area (TPSA) is 78.7 Å². The predicted octanol–water partition coefficient (Wildman–Crippen LogP) is 3.09. The van der Waals surface area contributed by atoms with Gasteiger partial charge in [-0.1, -0.05) is 48.5 Å². The molecule has 32 heavy (non-hydrogen) atoms. The molecule has 2 heterocycles. The zero-order valence-corrected chi connectivity index (χ0v) is 18.4. The summed E-state index contributed by atoms with van der Waals surface area (Å²) >= 11 is 0. The lowest BCUT2D eigenvalue weighted by molar-refractivity contribution is -0.0840. The molecular weight excluding hydrogens is 404 g/mol. The van der Waals surface area contributed by atoms with E-state index in [0.29, 0.717) is 0 Å². The van der Waals surface area contributed by atoms with Crippen LogP contribution in [0.1, 0.15) is 58.7 Å². The normalized spacial score (nSPS) is 18.8. The van der Waals surface area contributed by atoms with Crippen molar-refractivity contribution in [1.29, 1.82) is 0 Å². The van der Waals surface area contributed by atoms with E-state index in [1.165, 1.54) is 26.9 Å². The number of aryl methyl sites for hydroxylation is 2. The van der Waals surface area contributed by atoms with Gasteiger partial charge in [0.05, 0.1) is 6.20 Å². The van der Waals surface area contributed by atoms with Gasteiger partial charge in [0.2, 0.25) is 5.43 Å². The van der Waals surface area contributed by atoms with E-state index in [2.05, 4.69) is 41.5 Å². The van der Waals surface area contributed by atoms with Crippen molar-refractivity contribution in [3.63, 3.8) is 0 Å². The molecule has 5 rings (SSSR count). The van der Waals surface area contributed by atoms with Crippen molar-refractivity contribution in [1.82, 2.24) is 19.8 Å². The lowest BCUT2D eigenvalue weighted by Crippen LogP contribution is -2.58. The van der Waals surface area contributed by atoms with Gasteiger partial charge < -0.3 is 5.11 Å². The fourth-order valence-electron chi connectivity index (χ4n) is 5.24. The standard InChI is InChI=1S/C25H26N4O3/c1-15(2)29-25(32)22-23(31)20(30)14-26-28(22)24(27(29)3)21-18-10-6-4-8-16(18)12-13-17-9-5-7-11-19(17)21/h4-11,14-15,21,24,31H,12-13H2,1-3H3/t24-/m0/s1. The van der Waals surface area contributed by atoms with E-state index >= 15 is 0 Å². The van der Waals surface area contributed by atoms with Crippen LogP contribution in [0.15, 0.2) is 59.5 Å². The molecule has 0 saturated heterocycles. The largest absolute Gasteiger partial charge is 0.502 e. The van der Waals surface area contributed by atoms with Crippen LogP contribution in [-0.4, -0.2) is 43.9 Å². The zero-order valence-electron chi connectivity index (χ0n) is 18.4. The van der Waals surface area contributed by atoms with Crippen molar-refractivity contribution < 1.29 is 9.90 Å². The van der Waals surface area contributed by atoms with E-state index in [1.54, 1.807) is 5.01 Å². The Kier molecular flexibility index (Phi) is 4.86. The molecule has 1 aliphatic heterocycles. The molecule has 1 aliphatic carbocycles. The second kappa shape index (κ2) is 7.60. The van der Waals surface area contributed by atoms with E-state index in [9.17, 15) is 14.7 Å². The van der Waals surface area contributed by atoms with Crippen molar-refractivity contribution in [2.45, 2.75) is 44.8 Å². The van der Waals surface area contributed by atoms with E-state index in [1.807, 2.05) is 38.0 Å². The number of carbonyl (C=O) groups excluding carboxylic acids is 1. The highest BCUT2D eigenvalue weighted by atomic mass is 16.3. The summed E-state index contributed by atoms with van der Waals surface area (Å²) in [7, 11) is 1.87. The summed E-state index contributed by atoms with van der Waals surface area (Å²) in [5.41, 5.74) is 4.12. The summed E-state index contributed by atoms with van der Waals surface area (Å²) in [4.78, 5) is 25.6. The highest BCUT2D eigenvalue weighted by Gasteiger charge is 2.45. The van der Waals surface area contributed by atoms with Crippen LogP contribution in [0.4, 0.5) is 0 Å². The number of aromatic nitrogens is 2. The number of benzene rings is 2. The van der Waals surface area contributed by atoms with Crippen molar-refractivity contribution in [3.05, 3.63) is 92.9 Å². The monoisotopic (exact) mass is 430 g/mol. The number of amides is 1. The number of hydrazine groups is 1. The third-order valence-electron chi connectivity index (χ3n) is 6.60. The van der Waals surface area contributed by atoms with Crippen LogP contribution < -0.4 is 5.43 Å². The van der Waals surface area contributed by atoms with E-state index in [4.69, 9.17) is 0 Å². The minimum atomic E-state index is -0.654. The summed E-state index contributed by atoms with van der Waals surface area (Å²) < 4.78 is 1.53. The molecule has 1 N–H and O–H groups in total. The Morgan fingerprint density at radius 3 is 2.09 bits per heavy atom. The van der Waals surface area contributed by atoms with Gasteiger partial charge in [0.15, 0.2) is 11.4 Å². The predicted molar refractivity (Wildman–Crippen MR) is 120 cm³/mol. The Hall–Kier alpha value is -3.45. The Labute approximate surface area is 186 Å². The first-order valence-corrected chi connectivity index (χ1v) is 10.9. The Morgan fingerprint density at radius 2 is 1.53 bits per heavy atom. The van der Waals surface area contributed by atoms with E-state index < -0.39 is 23.3 Å². The van der Waals surface area contributed by atoms with E-state index in [-0.39, 0.29) is 17.7 Å². The van der Waals surface area contributed by atoms with Gasteiger partial charge in [-0.15, -0.1) is 0 Å². The number of rotatable bonds is 2. The van der Waals surface area contributed by atoms with Crippen LogP contribution in [0.2, 0.25) is 0 Å². The molecule has 0 spiro atoms. The first-order chi connectivity index (χ1) is 15.4. The number of fused-ring (bicyclic) bond motifs is 3. The fraction of sp³-hybridized carbons (Fsp3) is 0.320. The molecule has 0 saturated carbocycles. The van der Waals surface area contributed by atoms with Crippen LogP contribution in [0.3, 0.4) is 0 Å². The minimum absolute atomic E-state index is 0.0616. The molecule has 7 nitrogen and oxygen atoms in total. The van der Waals surface area contributed by atoms with Crippen LogP contribution in [0.5, 0.6) is 5.75 Å². The molecule has 1 atom stereocenters. The molecule has 1 aromatic heterocycles. The van der Waals surface area contributed by atoms with Crippen LogP contribution in [0.25, 0.3) is 0 Å². The van der Waals surface area contributed by atoms with Gasteiger partial charge in [0, 0.05) is 19.0 Å². The maximum atomic E-state index is 13.4. The Balaban J connectivity index is 1.83. The molecule has 0 fully saturated rings. The molecule has 0 radical (unpaired) electrons. The fourth-order valence-corrected chi connectivity index (χ4v) is 5.24. The minimum Gasteiger partial charge on any atom is -0.502 e. The van der Waals surface area contributed by atoms with Gasteiger partial charge in [-0.3, -0.25) is 14.6 Å². The molecule has 2 aromatic carbocycles. The summed E-state index contributed by atoms with van der Waals surface area (Å²) in [6.07, 6.45) is 2.48. The molecular formula is C25H26N4O3. The van der Waals surface area contributed by atoms with Crippen LogP contribution in [-0.2, 0) is 12.8 Å². The lowest BCUT2D eigenvalue weighted by atomic mass is 9.85. The molecule has 164 valence electrons. The quantitative estimate of drug-likeness (QED) is 0.676. The highest BCUT2D eigenvalue weighted by Crippen LogP contribution is 2.45. The average Bonchev–Trinajstić information content (AvgIpc) is 2.93. The van der Waals surface area contributed by atoms with Crippen molar-refractivity contribution >= 4 is 5.91 Å². The molecule has 7 heteroatoms. The van der Waals surface area contributed by atoms with Gasteiger partial charge in [0.1, 0.15) is 6.17 Å².